The van der Waals surface area contributed by atoms with Gasteiger partial charge < -0.3 is 4.43 Å². The molecule has 0 saturated carbocycles. The second kappa shape index (κ2) is 8.92. The molecule has 3 aromatic rings. The highest BCUT2D eigenvalue weighted by Crippen LogP contribution is 2.54. The van der Waals surface area contributed by atoms with Crippen LogP contribution in [-0.4, -0.2) is 38.9 Å². The molecule has 0 aliphatic heterocycles. The maximum absolute atomic E-state index is 15.4. The van der Waals surface area contributed by atoms with Crippen LogP contribution in [0.5, 0.6) is 0 Å². The summed E-state index contributed by atoms with van der Waals surface area (Å²) >= 11 is 0. The molecule has 2 unspecified atom stereocenters. The zero-order valence-corrected chi connectivity index (χ0v) is 22.3. The summed E-state index contributed by atoms with van der Waals surface area (Å²) in [6.45, 7) is 6.74. The van der Waals surface area contributed by atoms with Crippen LogP contribution in [0, 0.1) is 18.3 Å². The summed E-state index contributed by atoms with van der Waals surface area (Å²) < 4.78 is 107. The molecular weight excluding hydrogens is 531 g/mol. The lowest BCUT2D eigenvalue weighted by molar-refractivity contribution is -0.299. The van der Waals surface area contributed by atoms with Crippen LogP contribution in [0.1, 0.15) is 34.7 Å². The third-order valence-electron chi connectivity index (χ3n) is 6.38. The molecule has 5 nitrogen and oxygen atoms in total. The third-order valence-corrected chi connectivity index (χ3v) is 9.13. The van der Waals surface area contributed by atoms with E-state index in [2.05, 4.69) is 0 Å². The molecule has 1 aliphatic rings. The molecule has 198 valence electrons. The smallest absolute Gasteiger partial charge is 0.414 e. The number of fused-ring (bicyclic) bond motifs is 3. The van der Waals surface area contributed by atoms with E-state index in [9.17, 15) is 26.9 Å². The van der Waals surface area contributed by atoms with Gasteiger partial charge in [-0.15, -0.1) is 0 Å². The third kappa shape index (κ3) is 4.68. The Hall–Kier alpha value is -2.75. The quantitative estimate of drug-likeness (QED) is 0.266. The summed E-state index contributed by atoms with van der Waals surface area (Å²) in [5, 5.41) is 9.52. The van der Waals surface area contributed by atoms with Crippen molar-refractivity contribution in [1.82, 2.24) is 3.97 Å². The molecule has 1 aliphatic carbocycles. The predicted octanol–water partition coefficient (Wildman–Crippen LogP) is 6.51. The van der Waals surface area contributed by atoms with Crippen molar-refractivity contribution in [2.45, 2.75) is 68.4 Å². The summed E-state index contributed by atoms with van der Waals surface area (Å²) in [4.78, 5) is -0.260. The van der Waals surface area contributed by atoms with E-state index in [1.165, 1.54) is 42.5 Å². The molecule has 0 spiro atoms. The lowest BCUT2D eigenvalue weighted by atomic mass is 9.80. The van der Waals surface area contributed by atoms with Gasteiger partial charge in [-0.1, -0.05) is 17.7 Å². The van der Waals surface area contributed by atoms with Gasteiger partial charge in [0.1, 0.15) is 0 Å². The summed E-state index contributed by atoms with van der Waals surface area (Å²) in [6.07, 6.45) is -7.67. The van der Waals surface area contributed by atoms with E-state index in [4.69, 9.17) is 4.43 Å². The van der Waals surface area contributed by atoms with E-state index in [0.717, 1.165) is 5.56 Å². The Morgan fingerprint density at radius 2 is 1.68 bits per heavy atom. The standard InChI is InChI=1S/C25H25F5N2O3SSi/c1-15-5-8-17(9-6-15)36(33,34)32-20-11-7-16(14-31)13-19(20)18-10-12-21(35-37(2,3)4)22(23(18)32)24(26,27)25(28,29)30/h5-9,11,13,21-22H,10,12H2,1-4H3. The van der Waals surface area contributed by atoms with Crippen LogP contribution in [0.4, 0.5) is 22.0 Å². The van der Waals surface area contributed by atoms with E-state index in [0.29, 0.717) is 3.97 Å². The highest BCUT2D eigenvalue weighted by Gasteiger charge is 2.67. The first-order valence-electron chi connectivity index (χ1n) is 11.5. The first-order valence-corrected chi connectivity index (χ1v) is 16.4. The van der Waals surface area contributed by atoms with Crippen molar-refractivity contribution < 1.29 is 34.8 Å². The molecule has 0 saturated heterocycles. The minimum Gasteiger partial charge on any atom is -0.414 e. The van der Waals surface area contributed by atoms with E-state index in [-0.39, 0.29) is 39.8 Å². The van der Waals surface area contributed by atoms with E-state index in [1.807, 2.05) is 6.07 Å². The van der Waals surface area contributed by atoms with Crippen LogP contribution in [0.15, 0.2) is 47.4 Å². The van der Waals surface area contributed by atoms with Gasteiger partial charge in [-0.05, 0) is 75.3 Å². The Morgan fingerprint density at radius 1 is 1.05 bits per heavy atom. The number of rotatable bonds is 5. The van der Waals surface area contributed by atoms with Gasteiger partial charge in [-0.3, -0.25) is 0 Å². The van der Waals surface area contributed by atoms with Crippen molar-refractivity contribution in [2.24, 2.45) is 0 Å². The average Bonchev–Trinajstić information content (AvgIpc) is 3.11. The van der Waals surface area contributed by atoms with E-state index in [1.54, 1.807) is 26.6 Å². The topological polar surface area (TPSA) is 72.1 Å². The second-order valence-corrected chi connectivity index (χ2v) is 16.4. The normalized spacial score (nSPS) is 19.0. The molecule has 2 atom stereocenters. The molecule has 0 fully saturated rings. The fraction of sp³-hybridized carbons (Fsp3) is 0.400. The number of halogens is 5. The SMILES string of the molecule is Cc1ccc(S(=O)(=O)n2c3c(c4cc(C#N)ccc42)CCC(O[Si](C)(C)C)C3C(F)(F)C(F)(F)F)cc1. The molecule has 0 bridgehead atoms. The first kappa shape index (κ1) is 27.3. The highest BCUT2D eigenvalue weighted by atomic mass is 32.2. The number of aromatic nitrogens is 1. The number of benzene rings is 2. The van der Waals surface area contributed by atoms with Crippen molar-refractivity contribution >= 4 is 29.2 Å². The van der Waals surface area contributed by atoms with E-state index < -0.39 is 48.2 Å². The van der Waals surface area contributed by atoms with Gasteiger partial charge in [0.2, 0.25) is 0 Å². The van der Waals surface area contributed by atoms with Crippen molar-refractivity contribution in [3.8, 4) is 6.07 Å². The lowest BCUT2D eigenvalue weighted by Crippen LogP contribution is -2.52. The zero-order chi connectivity index (χ0) is 27.6. The van der Waals surface area contributed by atoms with Gasteiger partial charge in [0.05, 0.1) is 39.8 Å². The van der Waals surface area contributed by atoms with Crippen LogP contribution >= 0.6 is 0 Å². The number of nitriles is 1. The fourth-order valence-corrected chi connectivity index (χ4v) is 7.61. The summed E-state index contributed by atoms with van der Waals surface area (Å²) in [7, 11) is -7.25. The molecule has 0 N–H and O–H groups in total. The molecule has 0 amide bonds. The minimum absolute atomic E-state index is 0.0106. The van der Waals surface area contributed by atoms with Gasteiger partial charge in [0.25, 0.3) is 10.0 Å². The largest absolute Gasteiger partial charge is 0.454 e. The van der Waals surface area contributed by atoms with Crippen LogP contribution < -0.4 is 0 Å². The van der Waals surface area contributed by atoms with Crippen molar-refractivity contribution in [2.75, 3.05) is 0 Å². The molecular formula is C25H25F5N2O3SSi. The zero-order valence-electron chi connectivity index (χ0n) is 20.5. The van der Waals surface area contributed by atoms with Crippen molar-refractivity contribution in [3.63, 3.8) is 0 Å². The highest BCUT2D eigenvalue weighted by molar-refractivity contribution is 7.90. The van der Waals surface area contributed by atoms with Crippen molar-refractivity contribution in [1.29, 1.82) is 5.26 Å². The number of alkyl halides is 5. The Labute approximate surface area is 212 Å². The second-order valence-electron chi connectivity index (χ2n) is 10.2. The number of aryl methyl sites for hydroxylation is 2. The maximum atomic E-state index is 15.4. The minimum atomic E-state index is -5.96. The van der Waals surface area contributed by atoms with Gasteiger partial charge in [-0.2, -0.15) is 27.2 Å². The number of hydrogen-bond donors (Lipinski definition) is 0. The monoisotopic (exact) mass is 556 g/mol. The predicted molar refractivity (Wildman–Crippen MR) is 131 cm³/mol. The lowest BCUT2D eigenvalue weighted by Gasteiger charge is -2.40. The fourth-order valence-electron chi connectivity index (χ4n) is 4.86. The van der Waals surface area contributed by atoms with Crippen molar-refractivity contribution in [3.05, 3.63) is 64.8 Å². The Kier molecular flexibility index (Phi) is 6.58. The summed E-state index contributed by atoms with van der Waals surface area (Å²) in [6, 6.07) is 11.4. The molecule has 12 heteroatoms. The van der Waals surface area contributed by atoms with Gasteiger partial charge in [-0.25, -0.2) is 12.4 Å². The average molecular weight is 557 g/mol. The Morgan fingerprint density at radius 3 is 2.22 bits per heavy atom. The summed E-state index contributed by atoms with van der Waals surface area (Å²) in [5.74, 6) is -7.90. The van der Waals surface area contributed by atoms with Gasteiger partial charge >= 0.3 is 12.1 Å². The molecule has 0 radical (unpaired) electrons. The molecule has 37 heavy (non-hydrogen) atoms. The van der Waals surface area contributed by atoms with Gasteiger partial charge in [0, 0.05) is 5.39 Å². The van der Waals surface area contributed by atoms with Crippen LogP contribution in [0.25, 0.3) is 10.9 Å². The molecule has 4 rings (SSSR count). The number of hydrogen-bond acceptors (Lipinski definition) is 4. The Bertz CT molecular complexity index is 1500. The van der Waals surface area contributed by atoms with Crippen LogP contribution in [-0.2, 0) is 20.9 Å². The molecule has 1 aromatic heterocycles. The summed E-state index contributed by atoms with van der Waals surface area (Å²) in [5.41, 5.74) is 0.192. The first-order chi connectivity index (χ1) is 17.0. The molecule has 1 heterocycles. The molecule has 2 aromatic carbocycles. The maximum Gasteiger partial charge on any atom is 0.454 e. The van der Waals surface area contributed by atoms with Crippen LogP contribution in [0.3, 0.4) is 0 Å². The van der Waals surface area contributed by atoms with Gasteiger partial charge in [0.15, 0.2) is 8.32 Å². The van der Waals surface area contributed by atoms with E-state index >= 15 is 8.78 Å². The Balaban J connectivity index is 2.13. The number of nitrogens with zero attached hydrogens (tertiary/aromatic N) is 2. The van der Waals surface area contributed by atoms with Crippen LogP contribution in [0.2, 0.25) is 19.6 Å².